The lowest BCUT2D eigenvalue weighted by Gasteiger charge is -2.16. The Kier molecular flexibility index (Phi) is 4.61. The highest BCUT2D eigenvalue weighted by atomic mass is 16.5. The predicted molar refractivity (Wildman–Crippen MR) is 73.4 cm³/mol. The van der Waals surface area contributed by atoms with Crippen molar-refractivity contribution >= 4 is 11.9 Å². The molecule has 0 bridgehead atoms. The highest BCUT2D eigenvalue weighted by Crippen LogP contribution is 2.22. The minimum Gasteiger partial charge on any atom is -0.494 e. The average molecular weight is 277 g/mol. The number of likely N-dealkylation sites (tertiary alicyclic amines) is 1. The van der Waals surface area contributed by atoms with E-state index in [0.29, 0.717) is 13.2 Å². The number of nitrogens with zero attached hydrogens (tertiary/aromatic N) is 1. The number of amides is 1. The van der Waals surface area contributed by atoms with Crippen LogP contribution in [0.2, 0.25) is 0 Å². The van der Waals surface area contributed by atoms with Gasteiger partial charge in [-0.2, -0.15) is 0 Å². The van der Waals surface area contributed by atoms with Crippen molar-refractivity contribution in [3.05, 3.63) is 29.8 Å². The molecule has 1 aromatic rings. The highest BCUT2D eigenvalue weighted by Gasteiger charge is 2.34. The summed E-state index contributed by atoms with van der Waals surface area (Å²) in [5.41, 5.74) is 0.956. The average Bonchev–Trinajstić information content (AvgIpc) is 2.79. The van der Waals surface area contributed by atoms with Crippen molar-refractivity contribution in [2.75, 3.05) is 13.2 Å². The number of carbonyl (C=O) groups is 2. The van der Waals surface area contributed by atoms with E-state index in [-0.39, 0.29) is 18.9 Å². The van der Waals surface area contributed by atoms with Gasteiger partial charge in [0, 0.05) is 19.5 Å². The van der Waals surface area contributed by atoms with Gasteiger partial charge in [0.25, 0.3) is 0 Å². The van der Waals surface area contributed by atoms with Gasteiger partial charge < -0.3 is 14.7 Å². The summed E-state index contributed by atoms with van der Waals surface area (Å²) in [5, 5.41) is 8.96. The van der Waals surface area contributed by atoms with Gasteiger partial charge in [-0.3, -0.25) is 9.59 Å². The molecule has 0 aliphatic carbocycles. The topological polar surface area (TPSA) is 66.8 Å². The predicted octanol–water partition coefficient (Wildman–Crippen LogP) is 1.91. The molecule has 1 fully saturated rings. The third-order valence-corrected chi connectivity index (χ3v) is 3.31. The van der Waals surface area contributed by atoms with Gasteiger partial charge in [0.05, 0.1) is 12.5 Å². The van der Waals surface area contributed by atoms with Crippen LogP contribution < -0.4 is 4.74 Å². The first-order valence-electron chi connectivity index (χ1n) is 6.82. The summed E-state index contributed by atoms with van der Waals surface area (Å²) < 4.78 is 5.55. The molecule has 20 heavy (non-hydrogen) atoms. The number of carboxylic acids is 1. The summed E-state index contributed by atoms with van der Waals surface area (Å²) in [4.78, 5) is 24.3. The van der Waals surface area contributed by atoms with Crippen molar-refractivity contribution in [1.29, 1.82) is 0 Å². The number of hydrogen-bond donors (Lipinski definition) is 1. The first kappa shape index (κ1) is 14.4. The van der Waals surface area contributed by atoms with Crippen LogP contribution in [0.15, 0.2) is 24.3 Å². The zero-order valence-corrected chi connectivity index (χ0v) is 11.5. The quantitative estimate of drug-likeness (QED) is 0.862. The molecule has 1 saturated heterocycles. The number of hydrogen-bond acceptors (Lipinski definition) is 3. The summed E-state index contributed by atoms with van der Waals surface area (Å²) >= 11 is 0. The minimum atomic E-state index is -0.902. The van der Waals surface area contributed by atoms with Crippen LogP contribution in [0.4, 0.5) is 0 Å². The Bertz CT molecular complexity index is 500. The summed E-state index contributed by atoms with van der Waals surface area (Å²) in [6, 6.07) is 7.58. The molecule has 1 unspecified atom stereocenters. The molecule has 1 amide bonds. The van der Waals surface area contributed by atoms with Gasteiger partial charge in [-0.15, -0.1) is 0 Å². The maximum atomic E-state index is 11.8. The SMILES string of the molecule is CCCOc1cccc(CN2CC(C(=O)O)CC2=O)c1. The molecule has 0 radical (unpaired) electrons. The van der Waals surface area contributed by atoms with Crippen LogP contribution in [-0.2, 0) is 16.1 Å². The van der Waals surface area contributed by atoms with E-state index in [0.717, 1.165) is 17.7 Å². The van der Waals surface area contributed by atoms with Crippen LogP contribution in [0.3, 0.4) is 0 Å². The normalized spacial score (nSPS) is 18.4. The van der Waals surface area contributed by atoms with E-state index in [9.17, 15) is 9.59 Å². The Labute approximate surface area is 118 Å². The van der Waals surface area contributed by atoms with E-state index in [1.807, 2.05) is 31.2 Å². The second-order valence-corrected chi connectivity index (χ2v) is 5.01. The molecule has 1 aromatic carbocycles. The summed E-state index contributed by atoms with van der Waals surface area (Å²) in [6.07, 6.45) is 1.04. The smallest absolute Gasteiger partial charge is 0.308 e. The molecule has 5 heteroatoms. The van der Waals surface area contributed by atoms with Gasteiger partial charge >= 0.3 is 5.97 Å². The molecule has 0 spiro atoms. The molecule has 2 rings (SSSR count). The van der Waals surface area contributed by atoms with Crippen molar-refractivity contribution < 1.29 is 19.4 Å². The fraction of sp³-hybridized carbons (Fsp3) is 0.467. The van der Waals surface area contributed by atoms with E-state index in [1.165, 1.54) is 0 Å². The van der Waals surface area contributed by atoms with Gasteiger partial charge in [-0.05, 0) is 24.1 Å². The molecule has 0 aromatic heterocycles. The molecule has 0 saturated carbocycles. The number of aliphatic carboxylic acids is 1. The Morgan fingerprint density at radius 3 is 2.95 bits per heavy atom. The number of rotatable bonds is 6. The van der Waals surface area contributed by atoms with Gasteiger partial charge in [-0.1, -0.05) is 19.1 Å². The lowest BCUT2D eigenvalue weighted by molar-refractivity contribution is -0.141. The van der Waals surface area contributed by atoms with Gasteiger partial charge in [-0.25, -0.2) is 0 Å². The van der Waals surface area contributed by atoms with Crippen molar-refractivity contribution in [2.45, 2.75) is 26.3 Å². The van der Waals surface area contributed by atoms with Crippen LogP contribution in [0.5, 0.6) is 5.75 Å². The van der Waals surface area contributed by atoms with Gasteiger partial charge in [0.2, 0.25) is 5.91 Å². The monoisotopic (exact) mass is 277 g/mol. The van der Waals surface area contributed by atoms with Crippen molar-refractivity contribution in [1.82, 2.24) is 4.90 Å². The van der Waals surface area contributed by atoms with Crippen molar-refractivity contribution in [3.8, 4) is 5.75 Å². The van der Waals surface area contributed by atoms with Gasteiger partial charge in [0.1, 0.15) is 5.75 Å². The molecule has 5 nitrogen and oxygen atoms in total. The molecule has 1 N–H and O–H groups in total. The molecular weight excluding hydrogens is 258 g/mol. The minimum absolute atomic E-state index is 0.0986. The Morgan fingerprint density at radius 2 is 2.30 bits per heavy atom. The lowest BCUT2D eigenvalue weighted by Crippen LogP contribution is -2.25. The molecule has 108 valence electrons. The number of carboxylic acid groups (broad SMARTS) is 1. The number of ether oxygens (including phenoxy) is 1. The maximum absolute atomic E-state index is 11.8. The third-order valence-electron chi connectivity index (χ3n) is 3.31. The number of carbonyl (C=O) groups excluding carboxylic acids is 1. The highest BCUT2D eigenvalue weighted by molar-refractivity contribution is 5.86. The fourth-order valence-electron chi connectivity index (χ4n) is 2.26. The van der Waals surface area contributed by atoms with Crippen LogP contribution in [-0.4, -0.2) is 35.0 Å². The Hall–Kier alpha value is -2.04. The van der Waals surface area contributed by atoms with Crippen LogP contribution in [0.1, 0.15) is 25.3 Å². The van der Waals surface area contributed by atoms with Crippen molar-refractivity contribution in [3.63, 3.8) is 0 Å². The summed E-state index contributed by atoms with van der Waals surface area (Å²) in [5.74, 6) is -0.800. The molecule has 1 aliphatic heterocycles. The van der Waals surface area contributed by atoms with Gasteiger partial charge in [0.15, 0.2) is 0 Å². The van der Waals surface area contributed by atoms with E-state index in [4.69, 9.17) is 9.84 Å². The second-order valence-electron chi connectivity index (χ2n) is 5.01. The van der Waals surface area contributed by atoms with Crippen LogP contribution in [0, 0.1) is 5.92 Å². The standard InChI is InChI=1S/C15H19NO4/c1-2-6-20-13-5-3-4-11(7-13)9-16-10-12(15(18)19)8-14(16)17/h3-5,7,12H,2,6,8-10H2,1H3,(H,18,19). The first-order chi connectivity index (χ1) is 9.60. The van der Waals surface area contributed by atoms with Crippen molar-refractivity contribution in [2.24, 2.45) is 5.92 Å². The fourth-order valence-corrected chi connectivity index (χ4v) is 2.26. The van der Waals surface area contributed by atoms with E-state index in [2.05, 4.69) is 0 Å². The largest absolute Gasteiger partial charge is 0.494 e. The summed E-state index contributed by atoms with van der Waals surface area (Å²) in [6.45, 7) is 3.42. The summed E-state index contributed by atoms with van der Waals surface area (Å²) in [7, 11) is 0. The zero-order valence-electron chi connectivity index (χ0n) is 11.5. The van der Waals surface area contributed by atoms with E-state index < -0.39 is 11.9 Å². The third kappa shape index (κ3) is 3.50. The maximum Gasteiger partial charge on any atom is 0.308 e. The molecular formula is C15H19NO4. The molecule has 1 atom stereocenters. The second kappa shape index (κ2) is 6.41. The Balaban J connectivity index is 1.99. The van der Waals surface area contributed by atoms with Crippen LogP contribution in [0.25, 0.3) is 0 Å². The first-order valence-corrected chi connectivity index (χ1v) is 6.82. The lowest BCUT2D eigenvalue weighted by atomic mass is 10.1. The Morgan fingerprint density at radius 1 is 1.50 bits per heavy atom. The molecule has 1 aliphatic rings. The van der Waals surface area contributed by atoms with E-state index >= 15 is 0 Å². The zero-order chi connectivity index (χ0) is 14.5. The van der Waals surface area contributed by atoms with Crippen LogP contribution >= 0.6 is 0 Å². The number of benzene rings is 1. The van der Waals surface area contributed by atoms with E-state index in [1.54, 1.807) is 4.90 Å². The molecule has 1 heterocycles.